The van der Waals surface area contributed by atoms with Crippen LogP contribution in [0.5, 0.6) is 11.5 Å². The minimum Gasteiger partial charge on any atom is -0.497 e. The topological polar surface area (TPSA) is 71.4 Å². The Hall–Kier alpha value is -3.65. The van der Waals surface area contributed by atoms with E-state index in [-0.39, 0.29) is 24.4 Å². The molecule has 2 aromatic carbocycles. The average Bonchev–Trinajstić information content (AvgIpc) is 3.54. The Morgan fingerprint density at radius 1 is 1.06 bits per heavy atom. The zero-order valence-corrected chi connectivity index (χ0v) is 19.5. The molecule has 0 radical (unpaired) electrons. The molecule has 1 aromatic heterocycles. The minimum atomic E-state index is -0.337. The van der Waals surface area contributed by atoms with Gasteiger partial charge in [0.1, 0.15) is 18.0 Å². The lowest BCUT2D eigenvalue weighted by Gasteiger charge is -2.25. The van der Waals surface area contributed by atoms with E-state index in [2.05, 4.69) is 0 Å². The molecule has 33 heavy (non-hydrogen) atoms. The number of carbonyl (C=O) groups excluding carboxylic acids is 2. The highest BCUT2D eigenvalue weighted by molar-refractivity contribution is 7.12. The predicted octanol–water partition coefficient (Wildman–Crippen LogP) is 4.22. The second kappa shape index (κ2) is 9.87. The molecule has 4 rings (SSSR count). The number of nitrogens with zero attached hydrogens (tertiary/aromatic N) is 3. The van der Waals surface area contributed by atoms with Gasteiger partial charge in [0.2, 0.25) is 0 Å². The first-order chi connectivity index (χ1) is 16.0. The number of ether oxygens (including phenoxy) is 2. The van der Waals surface area contributed by atoms with Gasteiger partial charge in [0.15, 0.2) is 0 Å². The fraction of sp³-hybridized carbons (Fsp3) is 0.240. The number of carbonyl (C=O) groups is 2. The largest absolute Gasteiger partial charge is 0.497 e. The van der Waals surface area contributed by atoms with Crippen molar-refractivity contribution in [2.45, 2.75) is 12.5 Å². The van der Waals surface area contributed by atoms with Crippen molar-refractivity contribution in [3.63, 3.8) is 0 Å². The number of para-hydroxylation sites is 1. The Morgan fingerprint density at radius 2 is 1.82 bits per heavy atom. The number of rotatable bonds is 7. The Bertz CT molecular complexity index is 1160. The standard InChI is InChI=1S/C25H25N3O4S/c1-27(25(30)23-9-6-14-33-23)16-24(29)28-21(19-7-4-5-8-22(19)32-3)15-20(26-28)17-10-12-18(31-2)13-11-17/h4-14,21H,15-16H2,1-3H3. The van der Waals surface area contributed by atoms with E-state index in [9.17, 15) is 9.59 Å². The zero-order valence-electron chi connectivity index (χ0n) is 18.7. The molecule has 3 aromatic rings. The van der Waals surface area contributed by atoms with E-state index in [0.717, 1.165) is 22.6 Å². The molecule has 0 aliphatic carbocycles. The molecular formula is C25H25N3O4S. The molecule has 0 bridgehead atoms. The van der Waals surface area contributed by atoms with Gasteiger partial charge in [-0.05, 0) is 47.3 Å². The molecule has 0 spiro atoms. The van der Waals surface area contributed by atoms with Crippen LogP contribution in [0.2, 0.25) is 0 Å². The van der Waals surface area contributed by atoms with Crippen LogP contribution in [0.25, 0.3) is 0 Å². The number of amides is 2. The number of methoxy groups -OCH3 is 2. The lowest BCUT2D eigenvalue weighted by molar-refractivity contribution is -0.133. The van der Waals surface area contributed by atoms with Crippen molar-refractivity contribution < 1.29 is 19.1 Å². The third-order valence-electron chi connectivity index (χ3n) is 5.54. The third kappa shape index (κ3) is 4.75. The van der Waals surface area contributed by atoms with E-state index in [4.69, 9.17) is 14.6 Å². The van der Waals surface area contributed by atoms with Crippen LogP contribution in [-0.2, 0) is 4.79 Å². The third-order valence-corrected chi connectivity index (χ3v) is 6.40. The number of hydrogen-bond acceptors (Lipinski definition) is 6. The summed E-state index contributed by atoms with van der Waals surface area (Å²) >= 11 is 1.35. The molecule has 0 saturated carbocycles. The van der Waals surface area contributed by atoms with Gasteiger partial charge in [-0.1, -0.05) is 24.3 Å². The first-order valence-electron chi connectivity index (χ1n) is 10.5. The highest BCUT2D eigenvalue weighted by Crippen LogP contribution is 2.37. The molecular weight excluding hydrogens is 438 g/mol. The SMILES string of the molecule is COc1ccc(C2=NN(C(=O)CN(C)C(=O)c3cccs3)C(c3ccccc3OC)C2)cc1. The van der Waals surface area contributed by atoms with Crippen molar-refractivity contribution in [3.05, 3.63) is 82.0 Å². The van der Waals surface area contributed by atoms with Crippen LogP contribution in [0.15, 0.2) is 71.1 Å². The Morgan fingerprint density at radius 3 is 2.48 bits per heavy atom. The molecule has 1 aliphatic rings. The van der Waals surface area contributed by atoms with Crippen molar-refractivity contribution in [3.8, 4) is 11.5 Å². The van der Waals surface area contributed by atoms with Gasteiger partial charge >= 0.3 is 0 Å². The molecule has 2 heterocycles. The molecule has 0 fully saturated rings. The predicted molar refractivity (Wildman–Crippen MR) is 128 cm³/mol. The van der Waals surface area contributed by atoms with Crippen molar-refractivity contribution in [2.75, 3.05) is 27.8 Å². The number of benzene rings is 2. The average molecular weight is 464 g/mol. The maximum absolute atomic E-state index is 13.4. The fourth-order valence-electron chi connectivity index (χ4n) is 3.82. The molecule has 8 heteroatoms. The molecule has 7 nitrogen and oxygen atoms in total. The van der Waals surface area contributed by atoms with E-state index < -0.39 is 0 Å². The molecule has 170 valence electrons. The van der Waals surface area contributed by atoms with E-state index >= 15 is 0 Å². The summed E-state index contributed by atoms with van der Waals surface area (Å²) in [6.45, 7) is -0.0816. The van der Waals surface area contributed by atoms with Crippen LogP contribution in [0, 0.1) is 0 Å². The van der Waals surface area contributed by atoms with Gasteiger partial charge in [-0.25, -0.2) is 5.01 Å². The van der Waals surface area contributed by atoms with E-state index in [1.807, 2.05) is 60.0 Å². The van der Waals surface area contributed by atoms with Gasteiger partial charge in [-0.15, -0.1) is 11.3 Å². The summed E-state index contributed by atoms with van der Waals surface area (Å²) in [4.78, 5) is 28.0. The zero-order chi connectivity index (χ0) is 23.4. The quantitative estimate of drug-likeness (QED) is 0.526. The Kier molecular flexibility index (Phi) is 6.74. The minimum absolute atomic E-state index is 0.0816. The van der Waals surface area contributed by atoms with Gasteiger partial charge < -0.3 is 14.4 Å². The summed E-state index contributed by atoms with van der Waals surface area (Å²) in [6.07, 6.45) is 0.529. The number of thiophene rings is 1. The summed E-state index contributed by atoms with van der Waals surface area (Å²) < 4.78 is 10.8. The van der Waals surface area contributed by atoms with E-state index in [1.54, 1.807) is 27.3 Å². The lowest BCUT2D eigenvalue weighted by Crippen LogP contribution is -2.39. The molecule has 1 aliphatic heterocycles. The summed E-state index contributed by atoms with van der Waals surface area (Å²) in [7, 11) is 4.86. The maximum Gasteiger partial charge on any atom is 0.264 e. The highest BCUT2D eigenvalue weighted by atomic mass is 32.1. The van der Waals surface area contributed by atoms with Crippen LogP contribution in [0.3, 0.4) is 0 Å². The lowest BCUT2D eigenvalue weighted by atomic mass is 9.97. The van der Waals surface area contributed by atoms with Crippen molar-refractivity contribution >= 4 is 28.9 Å². The Labute approximate surface area is 196 Å². The van der Waals surface area contributed by atoms with Crippen LogP contribution in [0.4, 0.5) is 0 Å². The maximum atomic E-state index is 13.4. The second-order valence-corrected chi connectivity index (χ2v) is 8.56. The number of hydrogen-bond donors (Lipinski definition) is 0. The van der Waals surface area contributed by atoms with Crippen LogP contribution < -0.4 is 9.47 Å². The molecule has 1 unspecified atom stereocenters. The van der Waals surface area contributed by atoms with Crippen molar-refractivity contribution in [1.29, 1.82) is 0 Å². The summed E-state index contributed by atoms with van der Waals surface area (Å²) in [5.41, 5.74) is 2.57. The number of hydrazone groups is 1. The second-order valence-electron chi connectivity index (χ2n) is 7.61. The van der Waals surface area contributed by atoms with Gasteiger partial charge in [0, 0.05) is 19.0 Å². The molecule has 1 atom stereocenters. The highest BCUT2D eigenvalue weighted by Gasteiger charge is 2.35. The van der Waals surface area contributed by atoms with Crippen LogP contribution in [-0.4, -0.2) is 55.2 Å². The van der Waals surface area contributed by atoms with Gasteiger partial charge in [0.25, 0.3) is 11.8 Å². The van der Waals surface area contributed by atoms with Gasteiger partial charge in [-0.2, -0.15) is 5.10 Å². The monoisotopic (exact) mass is 463 g/mol. The summed E-state index contributed by atoms with van der Waals surface area (Å²) in [5.74, 6) is 0.988. The first-order valence-corrected chi connectivity index (χ1v) is 11.4. The Balaban J connectivity index is 1.63. The smallest absolute Gasteiger partial charge is 0.264 e. The van der Waals surface area contributed by atoms with Gasteiger partial charge in [0.05, 0.1) is 30.9 Å². The first kappa shape index (κ1) is 22.5. The van der Waals surface area contributed by atoms with E-state index in [1.165, 1.54) is 21.2 Å². The van der Waals surface area contributed by atoms with Crippen LogP contribution in [0.1, 0.15) is 33.3 Å². The fourth-order valence-corrected chi connectivity index (χ4v) is 4.54. The van der Waals surface area contributed by atoms with Gasteiger partial charge in [-0.3, -0.25) is 9.59 Å². The molecule has 0 saturated heterocycles. The molecule has 2 amide bonds. The van der Waals surface area contributed by atoms with E-state index in [0.29, 0.717) is 17.0 Å². The summed E-state index contributed by atoms with van der Waals surface area (Å²) in [6, 6.07) is 18.4. The molecule has 0 N–H and O–H groups in total. The normalized spacial score (nSPS) is 15.2. The number of likely N-dealkylation sites (N-methyl/N-ethyl adjacent to an activating group) is 1. The van der Waals surface area contributed by atoms with Crippen molar-refractivity contribution in [2.24, 2.45) is 5.10 Å². The van der Waals surface area contributed by atoms with Crippen molar-refractivity contribution in [1.82, 2.24) is 9.91 Å². The van der Waals surface area contributed by atoms with Crippen LogP contribution >= 0.6 is 11.3 Å². The summed E-state index contributed by atoms with van der Waals surface area (Å²) in [5, 5.41) is 8.01.